The van der Waals surface area contributed by atoms with Gasteiger partial charge in [0.15, 0.2) is 0 Å². The number of carbonyl (C=O) groups is 2. The van der Waals surface area contributed by atoms with Crippen LogP contribution in [0.2, 0.25) is 0 Å². The summed E-state index contributed by atoms with van der Waals surface area (Å²) in [5.74, 6) is -0.671. The molecule has 1 aliphatic carbocycles. The van der Waals surface area contributed by atoms with Crippen LogP contribution >= 0.6 is 0 Å². The first-order valence-electron chi connectivity index (χ1n) is 5.51. The Kier molecular flexibility index (Phi) is 2.44. The van der Waals surface area contributed by atoms with Crippen molar-refractivity contribution in [1.29, 1.82) is 0 Å². The zero-order valence-electron chi connectivity index (χ0n) is 9.03. The van der Waals surface area contributed by atoms with Crippen molar-refractivity contribution in [1.82, 2.24) is 4.90 Å². The molecular weight excluding hydrogens is 194 g/mol. The van der Waals surface area contributed by atoms with Crippen molar-refractivity contribution in [3.8, 4) is 0 Å². The predicted molar refractivity (Wildman–Crippen MR) is 54.3 cm³/mol. The van der Waals surface area contributed by atoms with Crippen molar-refractivity contribution in [2.45, 2.75) is 32.6 Å². The number of carboxylic acids is 1. The molecule has 1 spiro atoms. The molecule has 4 heteroatoms. The minimum absolute atomic E-state index is 0.140. The number of carboxylic acid groups (broad SMARTS) is 1. The molecular formula is C11H17NO3. The third-order valence-electron chi connectivity index (χ3n) is 3.89. The Morgan fingerprint density at radius 1 is 1.27 bits per heavy atom. The highest BCUT2D eigenvalue weighted by molar-refractivity contribution is 5.74. The van der Waals surface area contributed by atoms with Gasteiger partial charge in [-0.2, -0.15) is 0 Å². The molecule has 0 aromatic rings. The first-order valence-corrected chi connectivity index (χ1v) is 5.51. The van der Waals surface area contributed by atoms with Gasteiger partial charge in [0.25, 0.3) is 0 Å². The largest absolute Gasteiger partial charge is 0.481 e. The minimum atomic E-state index is -0.660. The summed E-state index contributed by atoms with van der Waals surface area (Å²) in [4.78, 5) is 23.7. The molecule has 2 rings (SSSR count). The number of hydrogen-bond acceptors (Lipinski definition) is 2. The van der Waals surface area contributed by atoms with Crippen LogP contribution in [0.25, 0.3) is 0 Å². The van der Waals surface area contributed by atoms with Crippen LogP contribution < -0.4 is 0 Å². The highest BCUT2D eigenvalue weighted by Crippen LogP contribution is 2.45. The third-order valence-corrected chi connectivity index (χ3v) is 3.89. The fourth-order valence-corrected chi connectivity index (χ4v) is 2.78. The average Bonchev–Trinajstić information content (AvgIpc) is 2.13. The van der Waals surface area contributed by atoms with Gasteiger partial charge < -0.3 is 10.0 Å². The zero-order valence-corrected chi connectivity index (χ0v) is 9.03. The summed E-state index contributed by atoms with van der Waals surface area (Å²) in [7, 11) is 0. The molecule has 4 nitrogen and oxygen atoms in total. The number of likely N-dealkylation sites (tertiary alicyclic amines) is 1. The molecule has 0 bridgehead atoms. The summed E-state index contributed by atoms with van der Waals surface area (Å²) in [5, 5.41) is 8.87. The van der Waals surface area contributed by atoms with Gasteiger partial charge >= 0.3 is 5.97 Å². The van der Waals surface area contributed by atoms with Gasteiger partial charge in [0.1, 0.15) is 0 Å². The van der Waals surface area contributed by atoms with E-state index in [1.54, 1.807) is 6.92 Å². The highest BCUT2D eigenvalue weighted by atomic mass is 16.4. The van der Waals surface area contributed by atoms with Gasteiger partial charge in [-0.05, 0) is 25.7 Å². The second-order valence-electron chi connectivity index (χ2n) is 4.99. The van der Waals surface area contributed by atoms with Crippen LogP contribution in [-0.4, -0.2) is 35.0 Å². The number of rotatable bonds is 1. The fourth-order valence-electron chi connectivity index (χ4n) is 2.78. The highest BCUT2D eigenvalue weighted by Gasteiger charge is 2.46. The van der Waals surface area contributed by atoms with Gasteiger partial charge in [-0.15, -0.1) is 0 Å². The Hall–Kier alpha value is -1.06. The lowest BCUT2D eigenvalue weighted by molar-refractivity contribution is -0.150. The molecule has 84 valence electrons. The third kappa shape index (κ3) is 1.85. The Morgan fingerprint density at radius 2 is 1.80 bits per heavy atom. The molecule has 1 saturated heterocycles. The molecule has 2 aliphatic rings. The summed E-state index contributed by atoms with van der Waals surface area (Å²) in [6.45, 7) is 3.28. The molecule has 0 aromatic heterocycles. The van der Waals surface area contributed by atoms with Crippen LogP contribution in [0.3, 0.4) is 0 Å². The van der Waals surface area contributed by atoms with Gasteiger partial charge in [0.05, 0.1) is 5.92 Å². The van der Waals surface area contributed by atoms with Crippen molar-refractivity contribution >= 4 is 11.9 Å². The lowest BCUT2D eigenvalue weighted by atomic mass is 9.66. The Balaban J connectivity index is 1.85. The number of aliphatic carboxylic acids is 1. The van der Waals surface area contributed by atoms with Crippen molar-refractivity contribution < 1.29 is 14.7 Å². The van der Waals surface area contributed by atoms with Gasteiger partial charge in [-0.1, -0.05) is 0 Å². The standard InChI is InChI=1S/C11H17NO3/c1-8(13)12-6-11(7-12)4-2-9(3-5-11)10(14)15/h9H,2-7H2,1H3,(H,14,15). The summed E-state index contributed by atoms with van der Waals surface area (Å²) in [6, 6.07) is 0. The van der Waals surface area contributed by atoms with Gasteiger partial charge in [-0.25, -0.2) is 0 Å². The van der Waals surface area contributed by atoms with Gasteiger partial charge in [0.2, 0.25) is 5.91 Å². The minimum Gasteiger partial charge on any atom is -0.481 e. The number of nitrogens with zero attached hydrogens (tertiary/aromatic N) is 1. The smallest absolute Gasteiger partial charge is 0.306 e. The topological polar surface area (TPSA) is 57.6 Å². The molecule has 0 unspecified atom stereocenters. The second kappa shape index (κ2) is 3.51. The summed E-state index contributed by atoms with van der Waals surface area (Å²) >= 11 is 0. The molecule has 1 heterocycles. The van der Waals surface area contributed by atoms with E-state index in [-0.39, 0.29) is 17.2 Å². The summed E-state index contributed by atoms with van der Waals surface area (Å²) in [6.07, 6.45) is 3.49. The monoisotopic (exact) mass is 211 g/mol. The van der Waals surface area contributed by atoms with Crippen LogP contribution in [-0.2, 0) is 9.59 Å². The number of hydrogen-bond donors (Lipinski definition) is 1. The molecule has 1 saturated carbocycles. The normalized spacial score (nSPS) is 25.0. The van der Waals surface area contributed by atoms with Crippen LogP contribution in [0.5, 0.6) is 0 Å². The van der Waals surface area contributed by atoms with Crippen molar-refractivity contribution in [3.05, 3.63) is 0 Å². The number of carbonyl (C=O) groups excluding carboxylic acids is 1. The maximum Gasteiger partial charge on any atom is 0.306 e. The quantitative estimate of drug-likeness (QED) is 0.706. The van der Waals surface area contributed by atoms with E-state index < -0.39 is 5.97 Å². The zero-order chi connectivity index (χ0) is 11.1. The first kappa shape index (κ1) is 10.5. The fraction of sp³-hybridized carbons (Fsp3) is 0.818. The summed E-state index contributed by atoms with van der Waals surface area (Å²) < 4.78 is 0. The van der Waals surface area contributed by atoms with Crippen LogP contribution in [0.4, 0.5) is 0 Å². The first-order chi connectivity index (χ1) is 7.02. The average molecular weight is 211 g/mol. The van der Waals surface area contributed by atoms with E-state index >= 15 is 0 Å². The number of amides is 1. The molecule has 15 heavy (non-hydrogen) atoms. The maximum absolute atomic E-state index is 11.1. The molecule has 0 atom stereocenters. The van der Waals surface area contributed by atoms with E-state index in [4.69, 9.17) is 5.11 Å². The van der Waals surface area contributed by atoms with E-state index in [0.29, 0.717) is 0 Å². The lowest BCUT2D eigenvalue weighted by Gasteiger charge is -2.52. The predicted octanol–water partition coefficient (Wildman–Crippen LogP) is 1.11. The molecule has 1 aliphatic heterocycles. The Bertz CT molecular complexity index is 284. The van der Waals surface area contributed by atoms with E-state index in [9.17, 15) is 9.59 Å². The maximum atomic E-state index is 11.1. The van der Waals surface area contributed by atoms with E-state index in [1.807, 2.05) is 4.90 Å². The van der Waals surface area contributed by atoms with Crippen LogP contribution in [0.15, 0.2) is 0 Å². The van der Waals surface area contributed by atoms with Gasteiger partial charge in [-0.3, -0.25) is 9.59 Å². The van der Waals surface area contributed by atoms with Crippen LogP contribution in [0.1, 0.15) is 32.6 Å². The molecule has 1 N–H and O–H groups in total. The van der Waals surface area contributed by atoms with Crippen molar-refractivity contribution in [3.63, 3.8) is 0 Å². The lowest BCUT2D eigenvalue weighted by Crippen LogP contribution is -2.59. The molecule has 0 aromatic carbocycles. The van der Waals surface area contributed by atoms with E-state index in [2.05, 4.69) is 0 Å². The van der Waals surface area contributed by atoms with Crippen molar-refractivity contribution in [2.75, 3.05) is 13.1 Å². The SMILES string of the molecule is CC(=O)N1CC2(CCC(C(=O)O)CC2)C1. The summed E-state index contributed by atoms with van der Waals surface area (Å²) in [5.41, 5.74) is 0.262. The Morgan fingerprint density at radius 3 is 2.20 bits per heavy atom. The van der Waals surface area contributed by atoms with Gasteiger partial charge in [0, 0.05) is 25.4 Å². The molecule has 0 radical (unpaired) electrons. The van der Waals surface area contributed by atoms with Crippen LogP contribution in [0, 0.1) is 11.3 Å². The van der Waals surface area contributed by atoms with Crippen molar-refractivity contribution in [2.24, 2.45) is 11.3 Å². The molecule has 2 fully saturated rings. The molecule has 1 amide bonds. The van der Waals surface area contributed by atoms with E-state index in [0.717, 1.165) is 38.8 Å². The van der Waals surface area contributed by atoms with E-state index in [1.165, 1.54) is 0 Å². The second-order valence-corrected chi connectivity index (χ2v) is 4.99. The Labute approximate surface area is 89.3 Å².